The average molecular weight is 233 g/mol. The Balaban J connectivity index is 1.68. The molecular weight excluding hydrogens is 214 g/mol. The summed E-state index contributed by atoms with van der Waals surface area (Å²) in [4.78, 5) is 11.5. The Hall–Kier alpha value is -1.51. The molecule has 0 saturated heterocycles. The van der Waals surface area contributed by atoms with Crippen LogP contribution in [0.4, 0.5) is 5.69 Å². The van der Waals surface area contributed by atoms with Gasteiger partial charge in [0.05, 0.1) is 6.61 Å². The summed E-state index contributed by atoms with van der Waals surface area (Å²) >= 11 is 0. The molecule has 1 aromatic carbocycles. The normalized spacial score (nSPS) is 15.3. The summed E-state index contributed by atoms with van der Waals surface area (Å²) in [6, 6.07) is 7.64. The second-order valence-corrected chi connectivity index (χ2v) is 4.72. The molecular formula is C14H19NO2. The summed E-state index contributed by atoms with van der Waals surface area (Å²) in [5.41, 5.74) is 7.50. The fourth-order valence-electron chi connectivity index (χ4n) is 1.94. The Bertz CT molecular complexity index is 386. The molecule has 0 atom stereocenters. The highest BCUT2D eigenvalue weighted by atomic mass is 16.5. The molecule has 2 rings (SSSR count). The van der Waals surface area contributed by atoms with Crippen LogP contribution in [0.1, 0.15) is 31.2 Å². The smallest absolute Gasteiger partial charge is 0.306 e. The number of carbonyl (C=O) groups is 1. The standard InChI is InChI=1S/C14H19NO2/c15-13-6-2-3-11(9-13)7-8-14(16)17-10-12-4-1-5-12/h2-3,6,9,12H,1,4-5,7-8,10,15H2. The van der Waals surface area contributed by atoms with Gasteiger partial charge in [-0.05, 0) is 42.9 Å². The van der Waals surface area contributed by atoms with Gasteiger partial charge in [0, 0.05) is 12.1 Å². The van der Waals surface area contributed by atoms with Crippen LogP contribution in [-0.2, 0) is 16.0 Å². The number of hydrogen-bond acceptors (Lipinski definition) is 3. The number of anilines is 1. The first-order chi connectivity index (χ1) is 8.24. The maximum atomic E-state index is 11.5. The van der Waals surface area contributed by atoms with Crippen LogP contribution in [0.2, 0.25) is 0 Å². The van der Waals surface area contributed by atoms with Gasteiger partial charge in [0.2, 0.25) is 0 Å². The van der Waals surface area contributed by atoms with Crippen LogP contribution in [0, 0.1) is 5.92 Å². The highest BCUT2D eigenvalue weighted by Crippen LogP contribution is 2.26. The highest BCUT2D eigenvalue weighted by Gasteiger charge is 2.18. The number of nitrogen functional groups attached to an aromatic ring is 1. The number of ether oxygens (including phenoxy) is 1. The van der Waals surface area contributed by atoms with E-state index < -0.39 is 0 Å². The summed E-state index contributed by atoms with van der Waals surface area (Å²) in [5, 5.41) is 0. The monoisotopic (exact) mass is 233 g/mol. The van der Waals surface area contributed by atoms with Crippen LogP contribution < -0.4 is 5.73 Å². The molecule has 1 saturated carbocycles. The van der Waals surface area contributed by atoms with Gasteiger partial charge in [0.25, 0.3) is 0 Å². The third kappa shape index (κ3) is 3.77. The van der Waals surface area contributed by atoms with Gasteiger partial charge in [-0.15, -0.1) is 0 Å². The molecule has 0 bridgehead atoms. The van der Waals surface area contributed by atoms with Crippen molar-refractivity contribution in [2.24, 2.45) is 5.92 Å². The third-order valence-electron chi connectivity index (χ3n) is 3.27. The van der Waals surface area contributed by atoms with E-state index in [4.69, 9.17) is 10.5 Å². The topological polar surface area (TPSA) is 52.3 Å². The second-order valence-electron chi connectivity index (χ2n) is 4.72. The summed E-state index contributed by atoms with van der Waals surface area (Å²) in [5.74, 6) is 0.519. The number of aryl methyl sites for hydroxylation is 1. The van der Waals surface area contributed by atoms with Crippen LogP contribution >= 0.6 is 0 Å². The van der Waals surface area contributed by atoms with Crippen molar-refractivity contribution in [3.8, 4) is 0 Å². The fourth-order valence-corrected chi connectivity index (χ4v) is 1.94. The molecule has 3 heteroatoms. The molecule has 1 fully saturated rings. The molecule has 0 aromatic heterocycles. The first-order valence-electron chi connectivity index (χ1n) is 6.24. The van der Waals surface area contributed by atoms with Crippen molar-refractivity contribution >= 4 is 11.7 Å². The van der Waals surface area contributed by atoms with Crippen LogP contribution in [0.25, 0.3) is 0 Å². The van der Waals surface area contributed by atoms with Crippen molar-refractivity contribution in [2.45, 2.75) is 32.1 Å². The molecule has 3 nitrogen and oxygen atoms in total. The first kappa shape index (κ1) is 12.0. The molecule has 0 aliphatic heterocycles. The lowest BCUT2D eigenvalue weighted by atomic mass is 9.86. The molecule has 0 spiro atoms. The lowest BCUT2D eigenvalue weighted by Crippen LogP contribution is -2.20. The lowest BCUT2D eigenvalue weighted by molar-refractivity contribution is -0.145. The molecule has 0 radical (unpaired) electrons. The molecule has 17 heavy (non-hydrogen) atoms. The largest absolute Gasteiger partial charge is 0.465 e. The number of esters is 1. The molecule has 0 unspecified atom stereocenters. The van der Waals surface area contributed by atoms with Crippen molar-refractivity contribution in [3.63, 3.8) is 0 Å². The van der Waals surface area contributed by atoms with Gasteiger partial charge in [0.1, 0.15) is 0 Å². The van der Waals surface area contributed by atoms with E-state index in [-0.39, 0.29) is 5.97 Å². The average Bonchev–Trinajstić information content (AvgIpc) is 2.24. The molecule has 1 aliphatic carbocycles. The first-order valence-corrected chi connectivity index (χ1v) is 6.24. The van der Waals surface area contributed by atoms with Crippen LogP contribution in [0.3, 0.4) is 0 Å². The molecule has 1 aliphatic rings. The van der Waals surface area contributed by atoms with Crippen molar-refractivity contribution < 1.29 is 9.53 Å². The van der Waals surface area contributed by atoms with E-state index in [1.807, 2.05) is 24.3 Å². The quantitative estimate of drug-likeness (QED) is 0.628. The van der Waals surface area contributed by atoms with Crippen molar-refractivity contribution in [2.75, 3.05) is 12.3 Å². The zero-order chi connectivity index (χ0) is 12.1. The Labute approximate surface area is 102 Å². The number of hydrogen-bond donors (Lipinski definition) is 1. The third-order valence-corrected chi connectivity index (χ3v) is 3.27. The minimum atomic E-state index is -0.0978. The molecule has 1 aromatic rings. The summed E-state index contributed by atoms with van der Waals surface area (Å²) in [6.07, 6.45) is 4.85. The van der Waals surface area contributed by atoms with E-state index in [0.717, 1.165) is 11.3 Å². The zero-order valence-corrected chi connectivity index (χ0v) is 10.0. The van der Waals surface area contributed by atoms with Gasteiger partial charge in [-0.1, -0.05) is 18.6 Å². The SMILES string of the molecule is Nc1cccc(CCC(=O)OCC2CCC2)c1. The Morgan fingerprint density at radius 2 is 2.24 bits per heavy atom. The van der Waals surface area contributed by atoms with E-state index in [0.29, 0.717) is 25.4 Å². The van der Waals surface area contributed by atoms with Gasteiger partial charge < -0.3 is 10.5 Å². The summed E-state index contributed by atoms with van der Waals surface area (Å²) in [6.45, 7) is 0.607. The molecule has 0 heterocycles. The van der Waals surface area contributed by atoms with Crippen LogP contribution in [0.15, 0.2) is 24.3 Å². The van der Waals surface area contributed by atoms with Crippen LogP contribution in [-0.4, -0.2) is 12.6 Å². The Morgan fingerprint density at radius 1 is 1.41 bits per heavy atom. The number of carbonyl (C=O) groups excluding carboxylic acids is 1. The van der Waals surface area contributed by atoms with E-state index in [2.05, 4.69) is 0 Å². The van der Waals surface area contributed by atoms with Gasteiger partial charge in [0.15, 0.2) is 0 Å². The zero-order valence-electron chi connectivity index (χ0n) is 10.0. The minimum absolute atomic E-state index is 0.0978. The maximum Gasteiger partial charge on any atom is 0.306 e. The number of benzene rings is 1. The van der Waals surface area contributed by atoms with E-state index in [1.54, 1.807) is 0 Å². The van der Waals surface area contributed by atoms with Gasteiger partial charge in [-0.3, -0.25) is 4.79 Å². The summed E-state index contributed by atoms with van der Waals surface area (Å²) in [7, 11) is 0. The van der Waals surface area contributed by atoms with Gasteiger partial charge in [-0.2, -0.15) is 0 Å². The molecule has 92 valence electrons. The number of rotatable bonds is 5. The van der Waals surface area contributed by atoms with Gasteiger partial charge >= 0.3 is 5.97 Å². The molecule has 2 N–H and O–H groups in total. The lowest BCUT2D eigenvalue weighted by Gasteiger charge is -2.24. The highest BCUT2D eigenvalue weighted by molar-refractivity contribution is 5.69. The fraction of sp³-hybridized carbons (Fsp3) is 0.500. The van der Waals surface area contributed by atoms with Crippen molar-refractivity contribution in [3.05, 3.63) is 29.8 Å². The Kier molecular flexibility index (Phi) is 4.02. The second kappa shape index (κ2) is 5.71. The summed E-state index contributed by atoms with van der Waals surface area (Å²) < 4.78 is 5.23. The number of nitrogens with two attached hydrogens (primary N) is 1. The van der Waals surface area contributed by atoms with Crippen LogP contribution in [0.5, 0.6) is 0 Å². The predicted octanol–water partition coefficient (Wildman–Crippen LogP) is 2.54. The van der Waals surface area contributed by atoms with E-state index >= 15 is 0 Å². The predicted molar refractivity (Wildman–Crippen MR) is 67.5 cm³/mol. The van der Waals surface area contributed by atoms with E-state index in [9.17, 15) is 4.79 Å². The van der Waals surface area contributed by atoms with Gasteiger partial charge in [-0.25, -0.2) is 0 Å². The van der Waals surface area contributed by atoms with Crippen molar-refractivity contribution in [1.29, 1.82) is 0 Å². The minimum Gasteiger partial charge on any atom is -0.465 e. The Morgan fingerprint density at radius 3 is 2.88 bits per heavy atom. The van der Waals surface area contributed by atoms with E-state index in [1.165, 1.54) is 19.3 Å². The maximum absolute atomic E-state index is 11.5. The molecule has 0 amide bonds. The van der Waals surface area contributed by atoms with Crippen molar-refractivity contribution in [1.82, 2.24) is 0 Å².